The molecule has 0 bridgehead atoms. The Hall–Kier alpha value is -0.530. The molecular weight excluding hydrogens is 260 g/mol. The Labute approximate surface area is 133 Å². The average molecular weight is 299 g/mol. The first kappa shape index (κ1) is 20.5. The SMILES string of the molecule is CCCCCCCCCCCCCC(=O)OC(C)C(C)C. The molecule has 21 heavy (non-hydrogen) atoms. The van der Waals surface area contributed by atoms with Crippen LogP contribution in [0.3, 0.4) is 0 Å². The highest BCUT2D eigenvalue weighted by molar-refractivity contribution is 5.69. The minimum absolute atomic E-state index is 0.0212. The first-order valence-electron chi connectivity index (χ1n) is 9.27. The van der Waals surface area contributed by atoms with Gasteiger partial charge in [0.25, 0.3) is 0 Å². The van der Waals surface area contributed by atoms with E-state index in [1.807, 2.05) is 6.92 Å². The minimum Gasteiger partial charge on any atom is -0.462 e. The van der Waals surface area contributed by atoms with Crippen molar-refractivity contribution < 1.29 is 9.53 Å². The van der Waals surface area contributed by atoms with E-state index in [0.29, 0.717) is 12.3 Å². The molecule has 2 nitrogen and oxygen atoms in total. The summed E-state index contributed by atoms with van der Waals surface area (Å²) in [4.78, 5) is 11.6. The molecule has 0 aliphatic carbocycles. The third-order valence-corrected chi connectivity index (χ3v) is 4.24. The molecule has 0 rings (SSSR count). The van der Waals surface area contributed by atoms with Gasteiger partial charge < -0.3 is 4.74 Å². The minimum atomic E-state index is -0.0212. The van der Waals surface area contributed by atoms with Gasteiger partial charge in [-0.15, -0.1) is 0 Å². The maximum Gasteiger partial charge on any atom is 0.306 e. The first-order valence-corrected chi connectivity index (χ1v) is 9.27. The van der Waals surface area contributed by atoms with Crippen molar-refractivity contribution in [3.63, 3.8) is 0 Å². The lowest BCUT2D eigenvalue weighted by atomic mass is 10.1. The highest BCUT2D eigenvalue weighted by Crippen LogP contribution is 2.13. The van der Waals surface area contributed by atoms with E-state index in [0.717, 1.165) is 6.42 Å². The Morgan fingerprint density at radius 3 is 1.62 bits per heavy atom. The van der Waals surface area contributed by atoms with Crippen molar-refractivity contribution in [1.29, 1.82) is 0 Å². The van der Waals surface area contributed by atoms with Crippen molar-refractivity contribution >= 4 is 5.97 Å². The molecule has 0 radical (unpaired) electrons. The predicted octanol–water partition coefficient (Wildman–Crippen LogP) is 6.28. The van der Waals surface area contributed by atoms with E-state index in [9.17, 15) is 4.79 Å². The van der Waals surface area contributed by atoms with Gasteiger partial charge in [0.2, 0.25) is 0 Å². The van der Waals surface area contributed by atoms with Crippen LogP contribution in [0.4, 0.5) is 0 Å². The molecule has 0 aromatic heterocycles. The molecule has 0 saturated carbocycles. The quantitative estimate of drug-likeness (QED) is 0.279. The van der Waals surface area contributed by atoms with Crippen LogP contribution in [0.15, 0.2) is 0 Å². The highest BCUT2D eigenvalue weighted by atomic mass is 16.5. The number of carbonyl (C=O) groups excluding carboxylic acids is 1. The topological polar surface area (TPSA) is 26.3 Å². The number of unbranched alkanes of at least 4 members (excludes halogenated alkanes) is 10. The number of hydrogen-bond donors (Lipinski definition) is 0. The number of esters is 1. The van der Waals surface area contributed by atoms with E-state index >= 15 is 0 Å². The van der Waals surface area contributed by atoms with Gasteiger partial charge in [0.15, 0.2) is 0 Å². The molecule has 0 aromatic rings. The zero-order valence-corrected chi connectivity index (χ0v) is 15.0. The molecule has 0 aliphatic heterocycles. The van der Waals surface area contributed by atoms with Crippen LogP contribution in [0.1, 0.15) is 105 Å². The molecule has 2 heteroatoms. The van der Waals surface area contributed by atoms with Crippen LogP contribution in [0.2, 0.25) is 0 Å². The lowest BCUT2D eigenvalue weighted by Gasteiger charge is -2.16. The molecule has 0 N–H and O–H groups in total. The smallest absolute Gasteiger partial charge is 0.306 e. The highest BCUT2D eigenvalue weighted by Gasteiger charge is 2.12. The summed E-state index contributed by atoms with van der Waals surface area (Å²) in [7, 11) is 0. The Kier molecular flexibility index (Phi) is 14.0. The summed E-state index contributed by atoms with van der Waals surface area (Å²) in [6.07, 6.45) is 15.1. The van der Waals surface area contributed by atoms with Gasteiger partial charge in [-0.05, 0) is 19.3 Å². The Balaban J connectivity index is 3.23. The zero-order chi connectivity index (χ0) is 15.9. The van der Waals surface area contributed by atoms with Crippen LogP contribution in [0.25, 0.3) is 0 Å². The summed E-state index contributed by atoms with van der Waals surface area (Å²) in [6.45, 7) is 8.41. The third-order valence-electron chi connectivity index (χ3n) is 4.24. The Morgan fingerprint density at radius 2 is 1.19 bits per heavy atom. The van der Waals surface area contributed by atoms with Crippen molar-refractivity contribution in [2.45, 2.75) is 111 Å². The Morgan fingerprint density at radius 1 is 0.762 bits per heavy atom. The summed E-state index contributed by atoms with van der Waals surface area (Å²) in [5.41, 5.74) is 0. The second-order valence-corrected chi connectivity index (χ2v) is 6.72. The standard InChI is InChI=1S/C19H38O2/c1-5-6-7-8-9-10-11-12-13-14-15-16-19(20)21-18(4)17(2)3/h17-18H,5-16H2,1-4H3. The molecule has 0 amide bonds. The summed E-state index contributed by atoms with van der Waals surface area (Å²) < 4.78 is 5.36. The molecule has 126 valence electrons. The fourth-order valence-electron chi connectivity index (χ4n) is 2.34. The van der Waals surface area contributed by atoms with Gasteiger partial charge in [0.05, 0.1) is 0 Å². The summed E-state index contributed by atoms with van der Waals surface area (Å²) in [6, 6.07) is 0. The molecule has 0 saturated heterocycles. The molecular formula is C19H38O2. The van der Waals surface area contributed by atoms with Crippen molar-refractivity contribution in [1.82, 2.24) is 0 Å². The summed E-state index contributed by atoms with van der Waals surface area (Å²) in [5, 5.41) is 0. The summed E-state index contributed by atoms with van der Waals surface area (Å²) >= 11 is 0. The van der Waals surface area contributed by atoms with Gasteiger partial charge in [0, 0.05) is 6.42 Å². The third kappa shape index (κ3) is 14.2. The van der Waals surface area contributed by atoms with E-state index in [2.05, 4.69) is 20.8 Å². The second-order valence-electron chi connectivity index (χ2n) is 6.72. The molecule has 0 fully saturated rings. The molecule has 0 aromatic carbocycles. The van der Waals surface area contributed by atoms with Crippen LogP contribution >= 0.6 is 0 Å². The number of carbonyl (C=O) groups is 1. The van der Waals surface area contributed by atoms with Crippen molar-refractivity contribution in [2.24, 2.45) is 5.92 Å². The van der Waals surface area contributed by atoms with Gasteiger partial charge in [-0.3, -0.25) is 4.79 Å². The molecule has 1 atom stereocenters. The van der Waals surface area contributed by atoms with E-state index in [4.69, 9.17) is 4.74 Å². The van der Waals surface area contributed by atoms with Crippen molar-refractivity contribution in [3.8, 4) is 0 Å². The van der Waals surface area contributed by atoms with Crippen LogP contribution < -0.4 is 0 Å². The lowest BCUT2D eigenvalue weighted by Crippen LogP contribution is -2.19. The van der Waals surface area contributed by atoms with Crippen molar-refractivity contribution in [2.75, 3.05) is 0 Å². The van der Waals surface area contributed by atoms with Gasteiger partial charge in [-0.25, -0.2) is 0 Å². The maximum atomic E-state index is 11.6. The fraction of sp³-hybridized carbons (Fsp3) is 0.947. The van der Waals surface area contributed by atoms with Crippen molar-refractivity contribution in [3.05, 3.63) is 0 Å². The van der Waals surface area contributed by atoms with E-state index in [1.165, 1.54) is 64.2 Å². The van der Waals surface area contributed by atoms with Crippen LogP contribution in [-0.4, -0.2) is 12.1 Å². The van der Waals surface area contributed by atoms with E-state index < -0.39 is 0 Å². The molecule has 0 heterocycles. The van der Waals surface area contributed by atoms with E-state index in [-0.39, 0.29) is 12.1 Å². The largest absolute Gasteiger partial charge is 0.462 e. The number of hydrogen-bond acceptors (Lipinski definition) is 2. The number of rotatable bonds is 14. The maximum absolute atomic E-state index is 11.6. The van der Waals surface area contributed by atoms with Crippen LogP contribution in [-0.2, 0) is 9.53 Å². The molecule has 1 unspecified atom stereocenters. The summed E-state index contributed by atoms with van der Waals surface area (Å²) in [5.74, 6) is 0.387. The fourth-order valence-corrected chi connectivity index (χ4v) is 2.34. The molecule has 0 aliphatic rings. The van der Waals surface area contributed by atoms with Gasteiger partial charge >= 0.3 is 5.97 Å². The van der Waals surface area contributed by atoms with Gasteiger partial charge in [-0.1, -0.05) is 85.0 Å². The zero-order valence-electron chi connectivity index (χ0n) is 15.0. The predicted molar refractivity (Wildman–Crippen MR) is 91.5 cm³/mol. The average Bonchev–Trinajstić information content (AvgIpc) is 2.44. The lowest BCUT2D eigenvalue weighted by molar-refractivity contribution is -0.150. The second kappa shape index (κ2) is 14.4. The van der Waals surface area contributed by atoms with Gasteiger partial charge in [-0.2, -0.15) is 0 Å². The number of ether oxygens (including phenoxy) is 1. The van der Waals surface area contributed by atoms with Gasteiger partial charge in [0.1, 0.15) is 6.10 Å². The first-order chi connectivity index (χ1) is 10.1. The Bertz CT molecular complexity index is 236. The van der Waals surface area contributed by atoms with Crippen LogP contribution in [0.5, 0.6) is 0 Å². The molecule has 0 spiro atoms. The normalized spacial score (nSPS) is 12.6. The monoisotopic (exact) mass is 298 g/mol. The van der Waals surface area contributed by atoms with E-state index in [1.54, 1.807) is 0 Å². The van der Waals surface area contributed by atoms with Crippen LogP contribution in [0, 0.1) is 5.92 Å².